The standard InChI is InChI=1S/C31H14Cl4N4O3.C31H18N4O3/c1-12-19-22(24(33)26(35)25(34)23(19)32)30(36-12)38-18-11-5-9-16-21(18)28(41)15-8-4-10-17(20(15)27(16)40)37-29-13-6-2-3-7-14(13)31(42)39-29;1-16-17-8-2-3-9-18(17)29(32-16)33-23-14-6-12-21-25(23)27(36)22-13-7-15-24(26(22)28(21)37)34-30-19-10-4-5-11-20(19)31(38)35-30/h2-11H,1H2,(H,36,38)(H,37,39,42);2-15H,1H2,(H,32,33)(H,34,35,38). The highest BCUT2D eigenvalue weighted by molar-refractivity contribution is 6.54. The van der Waals surface area contributed by atoms with Crippen molar-refractivity contribution in [1.82, 2.24) is 0 Å². The fourth-order valence-electron chi connectivity index (χ4n) is 10.6. The van der Waals surface area contributed by atoms with E-state index in [1.54, 1.807) is 115 Å². The van der Waals surface area contributed by atoms with Crippen molar-refractivity contribution in [2.45, 2.75) is 0 Å². The normalized spacial score (nSPS) is 14.8. The topological polar surface area (TPSA) is 200 Å². The van der Waals surface area contributed by atoms with E-state index in [9.17, 15) is 28.8 Å². The minimum atomic E-state index is -0.384. The van der Waals surface area contributed by atoms with Crippen LogP contribution >= 0.6 is 46.4 Å². The number of ketones is 4. The van der Waals surface area contributed by atoms with Crippen LogP contribution in [-0.4, -0.2) is 58.3 Å². The number of anilines is 4. The van der Waals surface area contributed by atoms with Gasteiger partial charge in [-0.15, -0.1) is 0 Å². The summed E-state index contributed by atoms with van der Waals surface area (Å²) in [6.07, 6.45) is 0. The van der Waals surface area contributed by atoms with Crippen molar-refractivity contribution in [3.63, 3.8) is 0 Å². The SMILES string of the molecule is C=C1N=C(Nc2cccc3c2C(=O)c2cccc(NC4=NC(=O)c5ccccc54)c2C3=O)c2c(Cl)c(Cl)c(Cl)c(Cl)c21.C=C1N=C(Nc2cccc3c2C(=O)c2cccc(NC4=NC(=O)c5ccccc54)c2C3=O)c2ccccc21. The third-order valence-electron chi connectivity index (χ3n) is 14.2. The first-order chi connectivity index (χ1) is 38.7. The number of aliphatic imine (C=N–C) groups is 4. The summed E-state index contributed by atoms with van der Waals surface area (Å²) in [7, 11) is 0. The molecule has 2 aliphatic carbocycles. The van der Waals surface area contributed by atoms with Crippen LogP contribution in [0.1, 0.15) is 118 Å². The monoisotopic (exact) mass is 1120 g/mol. The van der Waals surface area contributed by atoms with E-state index in [0.29, 0.717) is 90.6 Å². The molecule has 4 N–H and O–H groups in total. The van der Waals surface area contributed by atoms with Gasteiger partial charge in [0.1, 0.15) is 23.3 Å². The fraction of sp³-hybridized carbons (Fsp3) is 0. The van der Waals surface area contributed by atoms with Crippen molar-refractivity contribution in [3.8, 4) is 0 Å². The number of fused-ring (bicyclic) bond motifs is 8. The van der Waals surface area contributed by atoms with Gasteiger partial charge >= 0.3 is 0 Å². The second-order valence-corrected chi connectivity index (χ2v) is 20.2. The fourth-order valence-corrected chi connectivity index (χ4v) is 11.6. The number of nitrogens with zero attached hydrogens (tertiary/aromatic N) is 4. The van der Waals surface area contributed by atoms with Gasteiger partial charge in [0, 0.05) is 55.6 Å². The van der Waals surface area contributed by atoms with Crippen molar-refractivity contribution in [1.29, 1.82) is 0 Å². The van der Waals surface area contributed by atoms with Crippen LogP contribution in [0.4, 0.5) is 22.7 Å². The summed E-state index contributed by atoms with van der Waals surface area (Å²) in [4.78, 5) is 97.6. The smallest absolute Gasteiger partial charge is 0.279 e. The van der Waals surface area contributed by atoms with Gasteiger partial charge < -0.3 is 21.3 Å². The molecule has 80 heavy (non-hydrogen) atoms. The highest BCUT2D eigenvalue weighted by Crippen LogP contribution is 2.48. The Morgan fingerprint density at radius 1 is 0.275 bits per heavy atom. The van der Waals surface area contributed by atoms with Crippen LogP contribution in [0.25, 0.3) is 11.4 Å². The number of amidine groups is 4. The minimum absolute atomic E-state index is 0.0535. The Kier molecular flexibility index (Phi) is 11.9. The summed E-state index contributed by atoms with van der Waals surface area (Å²) in [5, 5.41) is 13.1. The number of halogens is 4. The molecule has 0 aromatic heterocycles. The highest BCUT2D eigenvalue weighted by Gasteiger charge is 2.38. The number of carbonyl (C=O) groups is 6. The molecule has 2 amide bonds. The lowest BCUT2D eigenvalue weighted by atomic mass is 9.82. The lowest BCUT2D eigenvalue weighted by Crippen LogP contribution is -2.26. The van der Waals surface area contributed by atoms with Gasteiger partial charge in [0.2, 0.25) is 0 Å². The molecule has 0 radical (unpaired) electrons. The lowest BCUT2D eigenvalue weighted by Gasteiger charge is -2.23. The molecule has 14 nitrogen and oxygen atoms in total. The van der Waals surface area contributed by atoms with Crippen LogP contribution in [-0.2, 0) is 0 Å². The van der Waals surface area contributed by atoms with Gasteiger partial charge in [-0.3, -0.25) is 28.8 Å². The lowest BCUT2D eigenvalue weighted by molar-refractivity contribution is 0.0980. The maximum atomic E-state index is 14.0. The molecule has 0 atom stereocenters. The van der Waals surface area contributed by atoms with Gasteiger partial charge in [0.25, 0.3) is 11.8 Å². The molecule has 14 rings (SSSR count). The number of amides is 2. The molecule has 0 fully saturated rings. The van der Waals surface area contributed by atoms with Crippen molar-refractivity contribution < 1.29 is 28.8 Å². The Hall–Kier alpha value is -9.70. The van der Waals surface area contributed by atoms with E-state index in [2.05, 4.69) is 54.4 Å². The van der Waals surface area contributed by atoms with Gasteiger partial charge in [-0.05, 0) is 36.4 Å². The summed E-state index contributed by atoms with van der Waals surface area (Å²) in [5.74, 6) is -0.598. The molecule has 0 unspecified atom stereocenters. The molecule has 384 valence electrons. The Labute approximate surface area is 473 Å². The van der Waals surface area contributed by atoms with Gasteiger partial charge in [0.05, 0.1) is 87.6 Å². The van der Waals surface area contributed by atoms with Gasteiger partial charge in [-0.1, -0.05) is 169 Å². The minimum Gasteiger partial charge on any atom is -0.339 e. The first-order valence-corrected chi connectivity index (χ1v) is 25.9. The Balaban J connectivity index is 0.000000152. The zero-order valence-electron chi connectivity index (χ0n) is 41.0. The quantitative estimate of drug-likeness (QED) is 0.0971. The van der Waals surface area contributed by atoms with Crippen molar-refractivity contribution in [2.75, 3.05) is 21.3 Å². The molecule has 4 aliphatic heterocycles. The molecule has 18 heteroatoms. The van der Waals surface area contributed by atoms with E-state index in [4.69, 9.17) is 46.4 Å². The van der Waals surface area contributed by atoms with Gasteiger partial charge in [-0.2, -0.15) is 9.98 Å². The van der Waals surface area contributed by atoms with Crippen molar-refractivity contribution in [2.24, 2.45) is 20.0 Å². The van der Waals surface area contributed by atoms with Crippen LogP contribution in [0.3, 0.4) is 0 Å². The summed E-state index contributed by atoms with van der Waals surface area (Å²) in [5.41, 5.74) is 9.16. The Morgan fingerprint density at radius 3 is 0.950 bits per heavy atom. The van der Waals surface area contributed by atoms with Crippen molar-refractivity contribution >= 4 is 139 Å². The van der Waals surface area contributed by atoms with E-state index in [1.807, 2.05) is 30.3 Å². The van der Waals surface area contributed by atoms with Gasteiger partial charge in [0.15, 0.2) is 23.1 Å². The molecular weight excluding hydrogens is 1090 g/mol. The molecule has 0 spiro atoms. The summed E-state index contributed by atoms with van der Waals surface area (Å²) in [6, 6.07) is 41.8. The second kappa shape index (κ2) is 19.0. The third-order valence-corrected chi connectivity index (χ3v) is 16.0. The Bertz CT molecular complexity index is 4350. The molecule has 0 saturated heterocycles. The van der Waals surface area contributed by atoms with Crippen LogP contribution in [0, 0.1) is 0 Å². The molecular formula is C62H32Cl4N8O6. The average molecular weight is 1130 g/mol. The zero-order valence-corrected chi connectivity index (χ0v) is 44.0. The molecule has 8 aromatic carbocycles. The summed E-state index contributed by atoms with van der Waals surface area (Å²) >= 11 is 25.5. The summed E-state index contributed by atoms with van der Waals surface area (Å²) in [6.45, 7) is 7.96. The summed E-state index contributed by atoms with van der Waals surface area (Å²) < 4.78 is 0. The zero-order chi connectivity index (χ0) is 55.4. The molecule has 0 bridgehead atoms. The van der Waals surface area contributed by atoms with Crippen molar-refractivity contribution in [3.05, 3.63) is 268 Å². The number of hydrogen-bond acceptors (Lipinski definition) is 12. The maximum Gasteiger partial charge on any atom is 0.279 e. The largest absolute Gasteiger partial charge is 0.339 e. The number of hydrogen-bond donors (Lipinski definition) is 4. The van der Waals surface area contributed by atoms with Gasteiger partial charge in [-0.25, -0.2) is 9.98 Å². The predicted octanol–water partition coefficient (Wildman–Crippen LogP) is 13.2. The van der Waals surface area contributed by atoms with E-state index in [1.165, 1.54) is 0 Å². The van der Waals surface area contributed by atoms with Crippen LogP contribution in [0.15, 0.2) is 179 Å². The number of nitrogens with one attached hydrogen (secondary N) is 4. The molecule has 8 aromatic rings. The van der Waals surface area contributed by atoms with Crippen LogP contribution in [0.2, 0.25) is 20.1 Å². The first-order valence-electron chi connectivity index (χ1n) is 24.4. The van der Waals surface area contributed by atoms with Crippen LogP contribution in [0.5, 0.6) is 0 Å². The number of benzene rings is 8. The predicted molar refractivity (Wildman–Crippen MR) is 313 cm³/mol. The highest BCUT2D eigenvalue weighted by atomic mass is 35.5. The first kappa shape index (κ1) is 49.8. The Morgan fingerprint density at radius 2 is 0.562 bits per heavy atom. The maximum absolute atomic E-state index is 14.0. The van der Waals surface area contributed by atoms with E-state index < -0.39 is 0 Å². The van der Waals surface area contributed by atoms with E-state index in [0.717, 1.165) is 11.1 Å². The number of carbonyl (C=O) groups excluding carboxylic acids is 6. The number of rotatable bonds is 4. The van der Waals surface area contributed by atoms with E-state index >= 15 is 0 Å². The third kappa shape index (κ3) is 7.79. The van der Waals surface area contributed by atoms with Crippen LogP contribution < -0.4 is 21.3 Å². The molecule has 6 aliphatic rings. The average Bonchev–Trinajstić information content (AvgIpc) is 4.25. The molecule has 0 saturated carbocycles. The molecule has 4 heterocycles. The van der Waals surface area contributed by atoms with E-state index in [-0.39, 0.29) is 99.8 Å². The second-order valence-electron chi connectivity index (χ2n) is 18.7.